The van der Waals surface area contributed by atoms with E-state index in [0.717, 1.165) is 34.1 Å². The van der Waals surface area contributed by atoms with Crippen molar-refractivity contribution >= 4 is 95.8 Å². The van der Waals surface area contributed by atoms with Gasteiger partial charge in [-0.15, -0.1) is 0 Å². The molecule has 3 nitrogen and oxygen atoms in total. The lowest BCUT2D eigenvalue weighted by Crippen LogP contribution is -2.61. The zero-order valence-corrected chi connectivity index (χ0v) is 36.2. The molecule has 308 valence electrons. The van der Waals surface area contributed by atoms with Crippen LogP contribution in [0.1, 0.15) is 0 Å². The van der Waals surface area contributed by atoms with Crippen molar-refractivity contribution in [1.29, 1.82) is 0 Å². The van der Waals surface area contributed by atoms with Crippen molar-refractivity contribution in [3.8, 4) is 22.3 Å². The first-order valence-corrected chi connectivity index (χ1v) is 22.8. The quantitative estimate of drug-likeness (QED) is 0.117. The number of benzene rings is 11. The molecule has 0 amide bonds. The molecule has 0 N–H and O–H groups in total. The Bertz CT molecular complexity index is 3500. The van der Waals surface area contributed by atoms with Crippen LogP contribution >= 0.6 is 0 Å². The Morgan fingerprint density at radius 2 is 0.697 bits per heavy atom. The normalized spacial score (nSPS) is 12.5. The number of hydrogen-bond donors (Lipinski definition) is 0. The van der Waals surface area contributed by atoms with Crippen LogP contribution in [0.25, 0.3) is 43.8 Å². The van der Waals surface area contributed by atoms with Crippen LogP contribution in [-0.4, -0.2) is 6.71 Å². The van der Waals surface area contributed by atoms with Crippen molar-refractivity contribution in [2.75, 3.05) is 14.7 Å². The molecule has 2 aliphatic rings. The van der Waals surface area contributed by atoms with E-state index < -0.39 is 0 Å². The molecule has 0 saturated heterocycles. The van der Waals surface area contributed by atoms with Gasteiger partial charge in [0, 0.05) is 51.2 Å². The first kappa shape index (κ1) is 37.9. The second-order valence-corrected chi connectivity index (χ2v) is 17.2. The Labute approximate surface area is 385 Å². The summed E-state index contributed by atoms with van der Waals surface area (Å²) in [5.41, 5.74) is 19.0. The van der Waals surface area contributed by atoms with Crippen LogP contribution in [0.2, 0.25) is 0 Å². The number of para-hydroxylation sites is 5. The third-order valence-corrected chi connectivity index (χ3v) is 13.6. The fourth-order valence-electron chi connectivity index (χ4n) is 10.9. The maximum absolute atomic E-state index is 2.53. The van der Waals surface area contributed by atoms with Gasteiger partial charge in [-0.25, -0.2) is 0 Å². The SMILES string of the molecule is c1ccc(-c2c3ccccc3c(-c3cc4c5c(c3)N(c3ccccc3)c3cc(N(c6ccccc6)c6ccccc6)ccc3B5c3ccccc3N4c3ccccc3)c3ccccc23)cc1. The lowest BCUT2D eigenvalue weighted by molar-refractivity contribution is 1.24. The minimum atomic E-state index is -0.0277. The summed E-state index contributed by atoms with van der Waals surface area (Å²) in [4.78, 5) is 7.41. The van der Waals surface area contributed by atoms with Gasteiger partial charge in [0.1, 0.15) is 0 Å². The van der Waals surface area contributed by atoms with Gasteiger partial charge in [-0.2, -0.15) is 0 Å². The summed E-state index contributed by atoms with van der Waals surface area (Å²) in [6, 6.07) is 93.4. The molecular formula is C62H42BN3. The average Bonchev–Trinajstić information content (AvgIpc) is 3.39. The van der Waals surface area contributed by atoms with E-state index in [2.05, 4.69) is 269 Å². The number of anilines is 9. The topological polar surface area (TPSA) is 9.72 Å². The van der Waals surface area contributed by atoms with Crippen molar-refractivity contribution in [1.82, 2.24) is 0 Å². The summed E-state index contributed by atoms with van der Waals surface area (Å²) in [6.07, 6.45) is 0. The zero-order chi connectivity index (χ0) is 43.6. The first-order chi connectivity index (χ1) is 32.8. The predicted molar refractivity (Wildman–Crippen MR) is 281 cm³/mol. The summed E-state index contributed by atoms with van der Waals surface area (Å²) in [5, 5.41) is 4.94. The van der Waals surface area contributed by atoms with Crippen LogP contribution < -0.4 is 31.1 Å². The van der Waals surface area contributed by atoms with Crippen molar-refractivity contribution in [3.63, 3.8) is 0 Å². The van der Waals surface area contributed by atoms with Crippen LogP contribution in [0.15, 0.2) is 255 Å². The van der Waals surface area contributed by atoms with Gasteiger partial charge < -0.3 is 14.7 Å². The van der Waals surface area contributed by atoms with Crippen LogP contribution in [-0.2, 0) is 0 Å². The van der Waals surface area contributed by atoms with Crippen LogP contribution in [0.5, 0.6) is 0 Å². The van der Waals surface area contributed by atoms with E-state index in [1.54, 1.807) is 0 Å². The third-order valence-electron chi connectivity index (χ3n) is 13.6. The summed E-state index contributed by atoms with van der Waals surface area (Å²) in [7, 11) is 0. The van der Waals surface area contributed by atoms with Gasteiger partial charge in [0.15, 0.2) is 0 Å². The molecule has 66 heavy (non-hydrogen) atoms. The summed E-state index contributed by atoms with van der Waals surface area (Å²) in [6.45, 7) is -0.0277. The van der Waals surface area contributed by atoms with Gasteiger partial charge in [0.05, 0.1) is 0 Å². The Balaban J connectivity index is 1.15. The molecule has 0 radical (unpaired) electrons. The molecule has 2 heterocycles. The van der Waals surface area contributed by atoms with Gasteiger partial charge >= 0.3 is 0 Å². The van der Waals surface area contributed by atoms with Crippen molar-refractivity contribution in [2.45, 2.75) is 0 Å². The Morgan fingerprint density at radius 3 is 1.23 bits per heavy atom. The highest BCUT2D eigenvalue weighted by atomic mass is 15.2. The van der Waals surface area contributed by atoms with E-state index >= 15 is 0 Å². The molecule has 0 saturated carbocycles. The van der Waals surface area contributed by atoms with Crippen LogP contribution in [0.4, 0.5) is 51.2 Å². The monoisotopic (exact) mass is 839 g/mol. The molecule has 0 unspecified atom stereocenters. The van der Waals surface area contributed by atoms with E-state index in [0.29, 0.717) is 0 Å². The molecule has 0 aromatic heterocycles. The highest BCUT2D eigenvalue weighted by molar-refractivity contribution is 7.00. The van der Waals surface area contributed by atoms with Gasteiger partial charge in [0.25, 0.3) is 6.71 Å². The van der Waals surface area contributed by atoms with Gasteiger partial charge in [-0.3, -0.25) is 0 Å². The summed E-state index contributed by atoms with van der Waals surface area (Å²) in [5.74, 6) is 0. The molecule has 11 aromatic rings. The number of rotatable bonds is 7. The second kappa shape index (κ2) is 15.6. The molecule has 0 fully saturated rings. The molecule has 2 aliphatic heterocycles. The maximum atomic E-state index is 2.53. The third kappa shape index (κ3) is 5.99. The Morgan fingerprint density at radius 1 is 0.288 bits per heavy atom. The molecule has 11 aromatic carbocycles. The molecule has 0 aliphatic carbocycles. The minimum absolute atomic E-state index is 0.0277. The van der Waals surface area contributed by atoms with Crippen LogP contribution in [0, 0.1) is 0 Å². The summed E-state index contributed by atoms with van der Waals surface area (Å²) < 4.78 is 0. The first-order valence-electron chi connectivity index (χ1n) is 22.8. The zero-order valence-electron chi connectivity index (χ0n) is 36.2. The molecule has 13 rings (SSSR count). The molecule has 0 spiro atoms. The highest BCUT2D eigenvalue weighted by Crippen LogP contribution is 2.50. The van der Waals surface area contributed by atoms with E-state index in [1.165, 1.54) is 77.2 Å². The Hall–Kier alpha value is -8.60. The fourth-order valence-corrected chi connectivity index (χ4v) is 10.9. The highest BCUT2D eigenvalue weighted by Gasteiger charge is 2.44. The van der Waals surface area contributed by atoms with Crippen molar-refractivity contribution in [3.05, 3.63) is 255 Å². The van der Waals surface area contributed by atoms with E-state index in [-0.39, 0.29) is 6.71 Å². The predicted octanol–water partition coefficient (Wildman–Crippen LogP) is 14.9. The van der Waals surface area contributed by atoms with Gasteiger partial charge in [-0.1, -0.05) is 176 Å². The molecule has 0 atom stereocenters. The van der Waals surface area contributed by atoms with Gasteiger partial charge in [0.2, 0.25) is 0 Å². The maximum Gasteiger partial charge on any atom is 0.252 e. The smallest absolute Gasteiger partial charge is 0.252 e. The number of hydrogen-bond acceptors (Lipinski definition) is 3. The number of nitrogens with zero attached hydrogens (tertiary/aromatic N) is 3. The lowest BCUT2D eigenvalue weighted by Gasteiger charge is -2.44. The lowest BCUT2D eigenvalue weighted by atomic mass is 9.33. The molecular weight excluding hydrogens is 798 g/mol. The standard InChI is InChI=1S/C62H42BN3/c1-6-22-43(23-7-1)60-50-32-16-18-34-52(50)61(53-35-19-17-33-51(53)60)44-40-58-62-59(41-44)66(48-30-14-5-15-31-48)57-42-49(64(45-24-8-2-9-25-45)46-26-10-3-11-27-46)38-39-55(57)63(62)54-36-20-21-37-56(54)65(58)47-28-12-4-13-29-47/h1-42H. The number of fused-ring (bicyclic) bond motifs is 6. The van der Waals surface area contributed by atoms with Gasteiger partial charge in [-0.05, 0) is 139 Å². The van der Waals surface area contributed by atoms with E-state index in [9.17, 15) is 0 Å². The minimum Gasteiger partial charge on any atom is -0.311 e. The van der Waals surface area contributed by atoms with Crippen molar-refractivity contribution in [2.24, 2.45) is 0 Å². The Kier molecular flexibility index (Phi) is 8.95. The van der Waals surface area contributed by atoms with Crippen LogP contribution in [0.3, 0.4) is 0 Å². The van der Waals surface area contributed by atoms with E-state index in [4.69, 9.17) is 0 Å². The van der Waals surface area contributed by atoms with Crippen molar-refractivity contribution < 1.29 is 0 Å². The second-order valence-electron chi connectivity index (χ2n) is 17.2. The molecule has 4 heteroatoms. The fraction of sp³-hybridized carbons (Fsp3) is 0. The molecule has 0 bridgehead atoms. The largest absolute Gasteiger partial charge is 0.311 e. The van der Waals surface area contributed by atoms with E-state index in [1.807, 2.05) is 0 Å². The average molecular weight is 840 g/mol. The summed E-state index contributed by atoms with van der Waals surface area (Å²) >= 11 is 0.